The molecule has 0 bridgehead atoms. The van der Waals surface area contributed by atoms with Crippen LogP contribution in [0.2, 0.25) is 0 Å². The summed E-state index contributed by atoms with van der Waals surface area (Å²) < 4.78 is 11.6. The average Bonchev–Trinajstić information content (AvgIpc) is 2.66. The molecule has 3 N–H and O–H groups in total. The maximum atomic E-state index is 10.3. The Kier molecular flexibility index (Phi) is 8.10. The Morgan fingerprint density at radius 1 is 1.04 bits per heavy atom. The minimum absolute atomic E-state index is 0.0146. The van der Waals surface area contributed by atoms with Crippen LogP contribution in [-0.2, 0) is 18.0 Å². The second-order valence-corrected chi connectivity index (χ2v) is 6.92. The fraction of sp³-hybridized carbons (Fsp3) is 0.455. The molecule has 0 aromatic heterocycles. The van der Waals surface area contributed by atoms with Crippen molar-refractivity contribution in [3.8, 4) is 5.75 Å². The molecule has 2 unspecified atom stereocenters. The molecule has 1 aromatic rings. The highest BCUT2D eigenvalue weighted by molar-refractivity contribution is 5.44. The van der Waals surface area contributed by atoms with E-state index in [4.69, 9.17) is 9.47 Å². The van der Waals surface area contributed by atoms with Crippen LogP contribution in [-0.4, -0.2) is 34.6 Å². The molecule has 0 fully saturated rings. The van der Waals surface area contributed by atoms with Crippen molar-refractivity contribution in [2.75, 3.05) is 13.2 Å². The molecule has 1 aliphatic rings. The molecule has 2 atom stereocenters. The Morgan fingerprint density at radius 2 is 1.67 bits per heavy atom. The molecular weight excluding hydrogens is 344 g/mol. The Bertz CT molecular complexity index is 692. The van der Waals surface area contributed by atoms with E-state index in [2.05, 4.69) is 13.0 Å². The molecule has 2 rings (SSSR count). The Morgan fingerprint density at radius 3 is 2.30 bits per heavy atom. The van der Waals surface area contributed by atoms with Crippen LogP contribution >= 0.6 is 0 Å². The third kappa shape index (κ3) is 5.96. The van der Waals surface area contributed by atoms with Crippen molar-refractivity contribution in [1.29, 1.82) is 0 Å². The summed E-state index contributed by atoms with van der Waals surface area (Å²) in [6.07, 6.45) is 8.03. The summed E-state index contributed by atoms with van der Waals surface area (Å²) in [4.78, 5) is 0. The molecule has 0 aliphatic heterocycles. The minimum atomic E-state index is -0.829. The summed E-state index contributed by atoms with van der Waals surface area (Å²) in [5, 5.41) is 29.3. The highest BCUT2D eigenvalue weighted by atomic mass is 16.5. The highest BCUT2D eigenvalue weighted by Crippen LogP contribution is 2.27. The summed E-state index contributed by atoms with van der Waals surface area (Å²) in [5.41, 5.74) is 3.27. The van der Waals surface area contributed by atoms with Crippen LogP contribution in [0.4, 0.5) is 0 Å². The van der Waals surface area contributed by atoms with Gasteiger partial charge in [0.05, 0.1) is 19.0 Å². The molecule has 0 saturated heterocycles. The van der Waals surface area contributed by atoms with E-state index >= 15 is 0 Å². The van der Waals surface area contributed by atoms with E-state index in [0.717, 1.165) is 16.9 Å². The maximum Gasteiger partial charge on any atom is 0.130 e. The number of rotatable bonds is 8. The molecular formula is C22H30O5. The van der Waals surface area contributed by atoms with Gasteiger partial charge in [0.25, 0.3) is 0 Å². The summed E-state index contributed by atoms with van der Waals surface area (Å²) in [7, 11) is 0. The molecule has 1 aliphatic carbocycles. The van der Waals surface area contributed by atoms with E-state index in [-0.39, 0.29) is 32.3 Å². The number of hydrogen-bond donors (Lipinski definition) is 3. The number of allylic oxidation sites excluding steroid dienone is 5. The molecule has 1 aromatic carbocycles. The van der Waals surface area contributed by atoms with Crippen LogP contribution in [0, 0.1) is 12.8 Å². The minimum Gasteiger partial charge on any atom is -0.495 e. The third-order valence-electron chi connectivity index (χ3n) is 4.67. The fourth-order valence-corrected chi connectivity index (χ4v) is 2.99. The predicted molar refractivity (Wildman–Crippen MR) is 105 cm³/mol. The van der Waals surface area contributed by atoms with E-state index in [1.807, 2.05) is 32.1 Å². The molecule has 0 amide bonds. The average molecular weight is 374 g/mol. The van der Waals surface area contributed by atoms with Crippen LogP contribution in [0.3, 0.4) is 0 Å². The van der Waals surface area contributed by atoms with Gasteiger partial charge in [-0.1, -0.05) is 48.9 Å². The first-order valence-electron chi connectivity index (χ1n) is 9.27. The smallest absolute Gasteiger partial charge is 0.130 e. The largest absolute Gasteiger partial charge is 0.495 e. The van der Waals surface area contributed by atoms with Gasteiger partial charge in [-0.25, -0.2) is 0 Å². The first kappa shape index (κ1) is 21.2. The zero-order valence-electron chi connectivity index (χ0n) is 16.3. The van der Waals surface area contributed by atoms with Gasteiger partial charge in [0.2, 0.25) is 0 Å². The first-order valence-corrected chi connectivity index (χ1v) is 9.27. The van der Waals surface area contributed by atoms with Gasteiger partial charge in [-0.05, 0) is 25.3 Å². The van der Waals surface area contributed by atoms with Crippen molar-refractivity contribution in [3.05, 3.63) is 64.5 Å². The number of aliphatic hydroxyl groups excluding tert-OH is 3. The lowest BCUT2D eigenvalue weighted by molar-refractivity contribution is 0.0343. The monoisotopic (exact) mass is 374 g/mol. The lowest BCUT2D eigenvalue weighted by atomic mass is 9.98. The summed E-state index contributed by atoms with van der Waals surface area (Å²) in [6.45, 7) is 5.78. The number of benzene rings is 1. The predicted octanol–water partition coefficient (Wildman–Crippen LogP) is 3.16. The van der Waals surface area contributed by atoms with E-state index in [9.17, 15) is 15.3 Å². The first-order chi connectivity index (χ1) is 13.0. The second kappa shape index (κ2) is 10.3. The van der Waals surface area contributed by atoms with Crippen LogP contribution in [0.1, 0.15) is 37.0 Å². The number of aliphatic hydroxyl groups is 3. The van der Waals surface area contributed by atoms with E-state index in [0.29, 0.717) is 23.3 Å². The fourth-order valence-electron chi connectivity index (χ4n) is 2.99. The molecule has 148 valence electrons. The standard InChI is InChI=1S/C22H30O5/c1-15-9-18(11-23)22(19(10-15)12-24)27-14-20(25)13-26-21-8-6-4-5-7-16(2)17(21)3/h4-7,9-10,16,20,23-25H,8,11-14H2,1-3H3. The van der Waals surface area contributed by atoms with Crippen molar-refractivity contribution < 1.29 is 24.8 Å². The van der Waals surface area contributed by atoms with E-state index in [1.165, 1.54) is 0 Å². The van der Waals surface area contributed by atoms with Crippen molar-refractivity contribution in [2.45, 2.75) is 46.5 Å². The lowest BCUT2D eigenvalue weighted by Gasteiger charge is -2.20. The van der Waals surface area contributed by atoms with Gasteiger partial charge in [0, 0.05) is 17.5 Å². The van der Waals surface area contributed by atoms with Crippen molar-refractivity contribution in [1.82, 2.24) is 0 Å². The van der Waals surface area contributed by atoms with Gasteiger partial charge in [-0.3, -0.25) is 0 Å². The van der Waals surface area contributed by atoms with Gasteiger partial charge in [-0.15, -0.1) is 0 Å². The Hall–Kier alpha value is -2.08. The number of aryl methyl sites for hydroxylation is 1. The molecule has 5 heteroatoms. The van der Waals surface area contributed by atoms with E-state index in [1.54, 1.807) is 12.1 Å². The summed E-state index contributed by atoms with van der Waals surface area (Å²) in [5.74, 6) is 1.57. The summed E-state index contributed by atoms with van der Waals surface area (Å²) in [6, 6.07) is 3.61. The van der Waals surface area contributed by atoms with Crippen molar-refractivity contribution >= 4 is 0 Å². The quantitative estimate of drug-likeness (QED) is 0.651. The molecule has 5 nitrogen and oxygen atoms in total. The zero-order valence-corrected chi connectivity index (χ0v) is 16.3. The van der Waals surface area contributed by atoms with Gasteiger partial charge in [-0.2, -0.15) is 0 Å². The van der Waals surface area contributed by atoms with Gasteiger partial charge in [0.15, 0.2) is 0 Å². The Labute approximate surface area is 161 Å². The Balaban J connectivity index is 1.98. The van der Waals surface area contributed by atoms with E-state index < -0.39 is 6.10 Å². The van der Waals surface area contributed by atoms with Crippen LogP contribution in [0.15, 0.2) is 47.8 Å². The third-order valence-corrected chi connectivity index (χ3v) is 4.67. The van der Waals surface area contributed by atoms with Crippen LogP contribution in [0.5, 0.6) is 5.75 Å². The molecule has 27 heavy (non-hydrogen) atoms. The molecule has 0 heterocycles. The lowest BCUT2D eigenvalue weighted by Crippen LogP contribution is -2.24. The SMILES string of the molecule is CC1=C(OCC(O)COc2c(CO)cc(C)cc2CO)CC=CC=CC1C. The van der Waals surface area contributed by atoms with Gasteiger partial charge >= 0.3 is 0 Å². The van der Waals surface area contributed by atoms with Crippen LogP contribution in [0.25, 0.3) is 0 Å². The summed E-state index contributed by atoms with van der Waals surface area (Å²) >= 11 is 0. The van der Waals surface area contributed by atoms with Gasteiger partial charge in [0.1, 0.15) is 25.1 Å². The number of hydrogen-bond acceptors (Lipinski definition) is 5. The zero-order chi connectivity index (χ0) is 19.8. The topological polar surface area (TPSA) is 79.2 Å². The van der Waals surface area contributed by atoms with Gasteiger partial charge < -0.3 is 24.8 Å². The normalized spacial score (nSPS) is 18.2. The number of ether oxygens (including phenoxy) is 2. The highest BCUT2D eigenvalue weighted by Gasteiger charge is 2.15. The molecule has 0 spiro atoms. The second-order valence-electron chi connectivity index (χ2n) is 6.92. The van der Waals surface area contributed by atoms with Crippen molar-refractivity contribution in [2.24, 2.45) is 5.92 Å². The molecule has 0 radical (unpaired) electrons. The van der Waals surface area contributed by atoms with Crippen molar-refractivity contribution in [3.63, 3.8) is 0 Å². The maximum absolute atomic E-state index is 10.3. The molecule has 0 saturated carbocycles. The van der Waals surface area contributed by atoms with Crippen LogP contribution < -0.4 is 4.74 Å².